The van der Waals surface area contributed by atoms with Crippen LogP contribution in [-0.2, 0) is 0 Å². The van der Waals surface area contributed by atoms with Gasteiger partial charge in [-0.1, -0.05) is 11.6 Å². The van der Waals surface area contributed by atoms with E-state index in [0.29, 0.717) is 0 Å². The molecular formula is C10H12ClNO. The van der Waals surface area contributed by atoms with Gasteiger partial charge in [0, 0.05) is 12.1 Å². The van der Waals surface area contributed by atoms with E-state index in [1.807, 2.05) is 26.1 Å². The van der Waals surface area contributed by atoms with E-state index in [1.54, 1.807) is 0 Å². The summed E-state index contributed by atoms with van der Waals surface area (Å²) in [5, 5.41) is 0.802. The highest BCUT2D eigenvalue weighted by Gasteiger charge is 2.15. The minimum Gasteiger partial charge on any atom is -0.490 e. The molecule has 0 bridgehead atoms. The zero-order valence-electron chi connectivity index (χ0n) is 7.80. The Hall–Kier alpha value is -0.890. The van der Waals surface area contributed by atoms with E-state index >= 15 is 0 Å². The fourth-order valence-electron chi connectivity index (χ4n) is 1.47. The second kappa shape index (κ2) is 3.11. The summed E-state index contributed by atoms with van der Waals surface area (Å²) in [6.07, 6.45) is 0. The highest BCUT2D eigenvalue weighted by molar-refractivity contribution is 6.31. The summed E-state index contributed by atoms with van der Waals surface area (Å²) in [7, 11) is 2.05. The first-order valence-corrected chi connectivity index (χ1v) is 4.70. The molecule has 0 amide bonds. The lowest BCUT2D eigenvalue weighted by atomic mass is 10.2. The molecule has 13 heavy (non-hydrogen) atoms. The van der Waals surface area contributed by atoms with Crippen LogP contribution in [0.15, 0.2) is 12.1 Å². The van der Waals surface area contributed by atoms with E-state index in [1.165, 1.54) is 0 Å². The van der Waals surface area contributed by atoms with E-state index in [4.69, 9.17) is 16.3 Å². The van der Waals surface area contributed by atoms with E-state index in [2.05, 4.69) is 4.90 Å². The van der Waals surface area contributed by atoms with E-state index in [0.717, 1.165) is 35.2 Å². The van der Waals surface area contributed by atoms with Crippen LogP contribution in [0.25, 0.3) is 0 Å². The first kappa shape index (κ1) is 8.70. The van der Waals surface area contributed by atoms with Gasteiger partial charge in [-0.15, -0.1) is 0 Å². The second-order valence-corrected chi connectivity index (χ2v) is 3.75. The highest BCUT2D eigenvalue weighted by Crippen LogP contribution is 2.35. The Labute approximate surface area is 83.1 Å². The minimum atomic E-state index is 0.755. The molecule has 0 aromatic heterocycles. The van der Waals surface area contributed by atoms with Gasteiger partial charge in [-0.25, -0.2) is 0 Å². The summed E-state index contributed by atoms with van der Waals surface area (Å²) < 4.78 is 5.53. The summed E-state index contributed by atoms with van der Waals surface area (Å²) in [6, 6.07) is 3.96. The van der Waals surface area contributed by atoms with Crippen LogP contribution >= 0.6 is 11.6 Å². The molecule has 0 radical (unpaired) electrons. The zero-order chi connectivity index (χ0) is 9.42. The molecule has 1 aliphatic heterocycles. The van der Waals surface area contributed by atoms with Crippen LogP contribution in [0.4, 0.5) is 5.69 Å². The van der Waals surface area contributed by atoms with Gasteiger partial charge in [-0.2, -0.15) is 0 Å². The average molecular weight is 198 g/mol. The third kappa shape index (κ3) is 1.46. The first-order valence-electron chi connectivity index (χ1n) is 4.32. The van der Waals surface area contributed by atoms with Gasteiger partial charge in [0.15, 0.2) is 0 Å². The van der Waals surface area contributed by atoms with Gasteiger partial charge in [0.2, 0.25) is 0 Å². The smallest absolute Gasteiger partial charge is 0.143 e. The molecule has 0 N–H and O–H groups in total. The van der Waals surface area contributed by atoms with Gasteiger partial charge in [0.25, 0.3) is 0 Å². The maximum absolute atomic E-state index is 6.03. The largest absolute Gasteiger partial charge is 0.490 e. The molecule has 0 atom stereocenters. The Kier molecular flexibility index (Phi) is 2.08. The predicted octanol–water partition coefficient (Wildman–Crippen LogP) is 2.48. The summed E-state index contributed by atoms with van der Waals surface area (Å²) in [5.74, 6) is 0.940. The number of likely N-dealkylation sites (N-methyl/N-ethyl adjacent to an activating group) is 1. The van der Waals surface area contributed by atoms with Crippen LogP contribution in [0.2, 0.25) is 5.02 Å². The maximum atomic E-state index is 6.03. The molecule has 0 aliphatic carbocycles. The molecule has 1 aliphatic rings. The van der Waals surface area contributed by atoms with Crippen LogP contribution in [0.5, 0.6) is 5.75 Å². The highest BCUT2D eigenvalue weighted by atomic mass is 35.5. The van der Waals surface area contributed by atoms with Gasteiger partial charge in [-0.05, 0) is 24.6 Å². The average Bonchev–Trinajstić information content (AvgIpc) is 2.09. The van der Waals surface area contributed by atoms with E-state index in [-0.39, 0.29) is 0 Å². The lowest BCUT2D eigenvalue weighted by Crippen LogP contribution is -2.28. The topological polar surface area (TPSA) is 12.5 Å². The van der Waals surface area contributed by atoms with Gasteiger partial charge < -0.3 is 9.64 Å². The fraction of sp³-hybridized carbons (Fsp3) is 0.400. The van der Waals surface area contributed by atoms with Crippen molar-refractivity contribution in [2.75, 3.05) is 25.1 Å². The van der Waals surface area contributed by atoms with Crippen molar-refractivity contribution in [1.82, 2.24) is 0 Å². The normalized spacial score (nSPS) is 15.2. The standard InChI is InChI=1S/C10H12ClNO/c1-7-5-10-9(6-8(7)11)12(2)3-4-13-10/h5-6H,3-4H2,1-2H3. The van der Waals surface area contributed by atoms with Crippen molar-refractivity contribution in [3.05, 3.63) is 22.7 Å². The Balaban J connectivity index is 2.52. The third-order valence-corrected chi connectivity index (χ3v) is 2.74. The summed E-state index contributed by atoms with van der Waals surface area (Å²) in [5.41, 5.74) is 2.15. The number of rotatable bonds is 0. The van der Waals surface area contributed by atoms with Crippen LogP contribution in [0.3, 0.4) is 0 Å². The van der Waals surface area contributed by atoms with Crippen molar-refractivity contribution in [2.45, 2.75) is 6.92 Å². The molecule has 1 aromatic rings. The Morgan fingerprint density at radius 1 is 1.46 bits per heavy atom. The van der Waals surface area contributed by atoms with Crippen molar-refractivity contribution in [3.8, 4) is 5.75 Å². The maximum Gasteiger partial charge on any atom is 0.143 e. The van der Waals surface area contributed by atoms with Gasteiger partial charge in [0.05, 0.1) is 12.2 Å². The number of ether oxygens (including phenoxy) is 1. The number of benzene rings is 1. The number of aryl methyl sites for hydroxylation is 1. The number of hydrogen-bond acceptors (Lipinski definition) is 2. The Bertz CT molecular complexity index is 338. The third-order valence-electron chi connectivity index (χ3n) is 2.34. The zero-order valence-corrected chi connectivity index (χ0v) is 8.56. The Morgan fingerprint density at radius 2 is 2.23 bits per heavy atom. The molecule has 70 valence electrons. The summed E-state index contributed by atoms with van der Waals surface area (Å²) in [6.45, 7) is 3.66. The molecular weight excluding hydrogens is 186 g/mol. The molecule has 0 spiro atoms. The fourth-order valence-corrected chi connectivity index (χ4v) is 1.63. The molecule has 0 fully saturated rings. The van der Waals surface area contributed by atoms with Crippen molar-refractivity contribution in [3.63, 3.8) is 0 Å². The lowest BCUT2D eigenvalue weighted by molar-refractivity contribution is 0.311. The number of fused-ring (bicyclic) bond motifs is 1. The monoisotopic (exact) mass is 197 g/mol. The van der Waals surface area contributed by atoms with Gasteiger partial charge in [0.1, 0.15) is 12.4 Å². The van der Waals surface area contributed by atoms with Crippen LogP contribution in [0.1, 0.15) is 5.56 Å². The molecule has 3 heteroatoms. The minimum absolute atomic E-state index is 0.755. The summed E-state index contributed by atoms with van der Waals surface area (Å²) in [4.78, 5) is 2.16. The summed E-state index contributed by atoms with van der Waals surface area (Å²) >= 11 is 6.03. The molecule has 1 heterocycles. The number of hydrogen-bond donors (Lipinski definition) is 0. The Morgan fingerprint density at radius 3 is 3.00 bits per heavy atom. The number of nitrogens with zero attached hydrogens (tertiary/aromatic N) is 1. The van der Waals surface area contributed by atoms with E-state index in [9.17, 15) is 0 Å². The molecule has 0 saturated heterocycles. The number of halogens is 1. The van der Waals surface area contributed by atoms with Crippen molar-refractivity contribution >= 4 is 17.3 Å². The SMILES string of the molecule is Cc1cc2c(cc1Cl)N(C)CCO2. The van der Waals surface area contributed by atoms with Crippen molar-refractivity contribution in [1.29, 1.82) is 0 Å². The lowest BCUT2D eigenvalue weighted by Gasteiger charge is -2.28. The van der Waals surface area contributed by atoms with Crippen LogP contribution in [-0.4, -0.2) is 20.2 Å². The molecule has 2 nitrogen and oxygen atoms in total. The molecule has 2 rings (SSSR count). The van der Waals surface area contributed by atoms with Gasteiger partial charge >= 0.3 is 0 Å². The molecule has 0 unspecified atom stereocenters. The van der Waals surface area contributed by atoms with Crippen LogP contribution < -0.4 is 9.64 Å². The number of anilines is 1. The predicted molar refractivity (Wildman–Crippen MR) is 55.0 cm³/mol. The van der Waals surface area contributed by atoms with E-state index < -0.39 is 0 Å². The molecule has 1 aromatic carbocycles. The van der Waals surface area contributed by atoms with Crippen molar-refractivity contribution in [2.24, 2.45) is 0 Å². The quantitative estimate of drug-likeness (QED) is 0.634. The second-order valence-electron chi connectivity index (χ2n) is 3.34. The first-order chi connectivity index (χ1) is 6.18. The van der Waals surface area contributed by atoms with Gasteiger partial charge in [-0.3, -0.25) is 0 Å². The molecule has 0 saturated carbocycles. The van der Waals surface area contributed by atoms with Crippen molar-refractivity contribution < 1.29 is 4.74 Å². The van der Waals surface area contributed by atoms with Crippen LogP contribution in [0, 0.1) is 6.92 Å².